The molecule has 0 aliphatic carbocycles. The van der Waals surface area contributed by atoms with Crippen LogP contribution in [0.5, 0.6) is 5.75 Å². The normalized spacial score (nSPS) is 12.4. The molecule has 1 atom stereocenters. The molecule has 0 saturated heterocycles. The molecular weight excluding hydrogens is 402 g/mol. The number of benzene rings is 1. The van der Waals surface area contributed by atoms with E-state index in [1.807, 2.05) is 49.3 Å². The molecule has 4 aromatic rings. The van der Waals surface area contributed by atoms with Crippen molar-refractivity contribution in [1.82, 2.24) is 24.8 Å². The van der Waals surface area contributed by atoms with Crippen molar-refractivity contribution >= 4 is 22.6 Å². The van der Waals surface area contributed by atoms with Gasteiger partial charge < -0.3 is 19.7 Å². The van der Waals surface area contributed by atoms with Crippen molar-refractivity contribution in [2.45, 2.75) is 6.10 Å². The molecule has 0 fully saturated rings. The molecule has 0 bridgehead atoms. The minimum atomic E-state index is -0.547. The molecule has 0 aliphatic heterocycles. The molecule has 7 nitrogen and oxygen atoms in total. The number of fused-ring (bicyclic) bond motifs is 1. The summed E-state index contributed by atoms with van der Waals surface area (Å²) in [5.41, 5.74) is 4.41. The van der Waals surface area contributed by atoms with E-state index in [1.165, 1.54) is 6.33 Å². The van der Waals surface area contributed by atoms with Crippen molar-refractivity contribution in [2.24, 2.45) is 0 Å². The fourth-order valence-corrected chi connectivity index (χ4v) is 3.53. The average molecular weight is 424 g/mol. The molecule has 0 aliphatic rings. The lowest BCUT2D eigenvalue weighted by Crippen LogP contribution is -2.30. The summed E-state index contributed by atoms with van der Waals surface area (Å²) in [7, 11) is 3.82. The highest BCUT2D eigenvalue weighted by Gasteiger charge is 2.17. The van der Waals surface area contributed by atoms with Crippen LogP contribution in [-0.2, 0) is 0 Å². The first-order valence-electron chi connectivity index (χ1n) is 9.50. The van der Waals surface area contributed by atoms with E-state index in [4.69, 9.17) is 16.3 Å². The van der Waals surface area contributed by atoms with Crippen LogP contribution in [0.2, 0.25) is 5.02 Å². The number of hydrogen-bond donors (Lipinski definition) is 2. The highest BCUT2D eigenvalue weighted by atomic mass is 35.5. The van der Waals surface area contributed by atoms with Gasteiger partial charge in [-0.25, -0.2) is 15.0 Å². The summed E-state index contributed by atoms with van der Waals surface area (Å²) in [6.07, 6.45) is 6.10. The number of ether oxygens (including phenoxy) is 1. The van der Waals surface area contributed by atoms with E-state index < -0.39 is 6.10 Å². The number of aromatic nitrogens is 4. The van der Waals surface area contributed by atoms with Gasteiger partial charge in [-0.15, -0.1) is 0 Å². The number of aromatic amines is 1. The van der Waals surface area contributed by atoms with Crippen molar-refractivity contribution in [2.75, 3.05) is 27.2 Å². The second-order valence-electron chi connectivity index (χ2n) is 7.30. The largest absolute Gasteiger partial charge is 0.491 e. The summed E-state index contributed by atoms with van der Waals surface area (Å²) in [4.78, 5) is 18.0. The molecule has 0 saturated carbocycles. The van der Waals surface area contributed by atoms with E-state index in [0.717, 1.165) is 33.4 Å². The van der Waals surface area contributed by atoms with Crippen LogP contribution in [0.1, 0.15) is 0 Å². The van der Waals surface area contributed by atoms with Crippen LogP contribution in [0.15, 0.2) is 55.2 Å². The van der Waals surface area contributed by atoms with Crippen LogP contribution in [0.4, 0.5) is 0 Å². The summed E-state index contributed by atoms with van der Waals surface area (Å²) < 4.78 is 5.71. The second-order valence-corrected chi connectivity index (χ2v) is 7.74. The Labute approximate surface area is 179 Å². The topological polar surface area (TPSA) is 87.2 Å². The third kappa shape index (κ3) is 4.43. The highest BCUT2D eigenvalue weighted by molar-refractivity contribution is 6.31. The van der Waals surface area contributed by atoms with Crippen molar-refractivity contribution in [3.63, 3.8) is 0 Å². The van der Waals surface area contributed by atoms with Gasteiger partial charge in [0.1, 0.15) is 30.4 Å². The van der Waals surface area contributed by atoms with Gasteiger partial charge in [0.2, 0.25) is 0 Å². The van der Waals surface area contributed by atoms with Gasteiger partial charge in [-0.1, -0.05) is 11.6 Å². The number of halogens is 1. The maximum absolute atomic E-state index is 9.98. The number of likely N-dealkylation sites (N-methyl/N-ethyl adjacent to an activating group) is 1. The molecule has 154 valence electrons. The summed E-state index contributed by atoms with van der Waals surface area (Å²) >= 11 is 6.20. The Morgan fingerprint density at radius 3 is 2.53 bits per heavy atom. The Morgan fingerprint density at radius 1 is 1.10 bits per heavy atom. The molecule has 1 aromatic carbocycles. The predicted molar refractivity (Wildman–Crippen MR) is 118 cm³/mol. The van der Waals surface area contributed by atoms with Crippen LogP contribution in [-0.4, -0.2) is 63.3 Å². The lowest BCUT2D eigenvalue weighted by molar-refractivity contribution is 0.0831. The number of pyridine rings is 1. The summed E-state index contributed by atoms with van der Waals surface area (Å²) in [6, 6.07) is 9.58. The third-order valence-electron chi connectivity index (χ3n) is 4.63. The van der Waals surface area contributed by atoms with E-state index in [9.17, 15) is 5.11 Å². The van der Waals surface area contributed by atoms with Crippen LogP contribution < -0.4 is 4.74 Å². The lowest BCUT2D eigenvalue weighted by Gasteiger charge is -2.16. The first-order valence-corrected chi connectivity index (χ1v) is 9.87. The molecule has 3 heterocycles. The second kappa shape index (κ2) is 8.79. The fourth-order valence-electron chi connectivity index (χ4n) is 3.37. The number of nitrogens with zero attached hydrogens (tertiary/aromatic N) is 4. The zero-order chi connectivity index (χ0) is 21.1. The Balaban J connectivity index is 1.66. The van der Waals surface area contributed by atoms with Crippen LogP contribution in [0.25, 0.3) is 33.4 Å². The summed E-state index contributed by atoms with van der Waals surface area (Å²) in [5, 5.41) is 11.4. The van der Waals surface area contributed by atoms with Crippen LogP contribution >= 0.6 is 11.6 Å². The van der Waals surface area contributed by atoms with Gasteiger partial charge in [-0.3, -0.25) is 0 Å². The summed E-state index contributed by atoms with van der Waals surface area (Å²) in [6.45, 7) is 0.782. The number of hydrogen-bond acceptors (Lipinski definition) is 6. The smallest absolute Gasteiger partial charge is 0.138 e. The molecule has 2 N–H and O–H groups in total. The number of H-pyrrole nitrogens is 1. The van der Waals surface area contributed by atoms with E-state index in [-0.39, 0.29) is 6.61 Å². The van der Waals surface area contributed by atoms with Gasteiger partial charge in [0.05, 0.1) is 10.7 Å². The molecule has 1 unspecified atom stereocenters. The van der Waals surface area contributed by atoms with Gasteiger partial charge in [-0.05, 0) is 50.0 Å². The monoisotopic (exact) mass is 423 g/mol. The van der Waals surface area contributed by atoms with Crippen molar-refractivity contribution in [3.8, 4) is 28.1 Å². The van der Waals surface area contributed by atoms with Gasteiger partial charge in [0.25, 0.3) is 0 Å². The van der Waals surface area contributed by atoms with E-state index in [0.29, 0.717) is 17.3 Å². The molecule has 8 heteroatoms. The SMILES string of the molecule is CN(C)CC(O)COc1ccc(-c2[nH]c3ncc(Cl)cc3c2-c2cncnc2)cc1. The Morgan fingerprint density at radius 2 is 1.83 bits per heavy atom. The predicted octanol–water partition coefficient (Wildman–Crippen LogP) is 3.64. The van der Waals surface area contributed by atoms with Gasteiger partial charge in [-0.2, -0.15) is 0 Å². The fraction of sp³-hybridized carbons (Fsp3) is 0.227. The molecule has 0 radical (unpaired) electrons. The minimum absolute atomic E-state index is 0.235. The highest BCUT2D eigenvalue weighted by Crippen LogP contribution is 2.38. The Hall–Kier alpha value is -3.00. The Kier molecular flexibility index (Phi) is 5.94. The van der Waals surface area contributed by atoms with Crippen molar-refractivity contribution in [3.05, 3.63) is 60.3 Å². The quantitative estimate of drug-likeness (QED) is 0.472. The standard InChI is InChI=1S/C22H22ClN5O2/c1-28(2)11-17(29)12-30-18-5-3-14(4-6-18)21-20(15-8-24-13-25-9-15)19-7-16(23)10-26-22(19)27-21/h3-10,13,17,29H,11-12H2,1-2H3,(H,26,27). The zero-order valence-corrected chi connectivity index (χ0v) is 17.5. The Bertz CT molecular complexity index is 1130. The number of aliphatic hydroxyl groups excluding tert-OH is 1. The average Bonchev–Trinajstić information content (AvgIpc) is 3.11. The molecular formula is C22H22ClN5O2. The van der Waals surface area contributed by atoms with E-state index in [1.54, 1.807) is 18.6 Å². The van der Waals surface area contributed by atoms with E-state index >= 15 is 0 Å². The molecule has 4 rings (SSSR count). The van der Waals surface area contributed by atoms with E-state index in [2.05, 4.69) is 19.9 Å². The van der Waals surface area contributed by atoms with Gasteiger partial charge >= 0.3 is 0 Å². The number of aliphatic hydroxyl groups is 1. The first-order chi connectivity index (χ1) is 14.5. The van der Waals surface area contributed by atoms with Gasteiger partial charge in [0.15, 0.2) is 0 Å². The summed E-state index contributed by atoms with van der Waals surface area (Å²) in [5.74, 6) is 0.693. The zero-order valence-electron chi connectivity index (χ0n) is 16.7. The number of nitrogens with one attached hydrogen (secondary N) is 1. The molecule has 30 heavy (non-hydrogen) atoms. The van der Waals surface area contributed by atoms with Crippen molar-refractivity contribution < 1.29 is 9.84 Å². The molecule has 0 amide bonds. The minimum Gasteiger partial charge on any atom is -0.491 e. The van der Waals surface area contributed by atoms with Crippen LogP contribution in [0, 0.1) is 0 Å². The first kappa shape index (κ1) is 20.3. The van der Waals surface area contributed by atoms with Crippen molar-refractivity contribution in [1.29, 1.82) is 0 Å². The maximum atomic E-state index is 9.98. The third-order valence-corrected chi connectivity index (χ3v) is 4.83. The molecule has 0 spiro atoms. The van der Waals surface area contributed by atoms with Crippen LogP contribution in [0.3, 0.4) is 0 Å². The number of rotatable bonds is 7. The van der Waals surface area contributed by atoms with Gasteiger partial charge in [0, 0.05) is 41.6 Å². The maximum Gasteiger partial charge on any atom is 0.138 e. The molecule has 3 aromatic heterocycles. The lowest BCUT2D eigenvalue weighted by atomic mass is 10.0.